The van der Waals surface area contributed by atoms with Crippen molar-refractivity contribution in [1.82, 2.24) is 15.0 Å². The second-order valence-electron chi connectivity index (χ2n) is 6.70. The van der Waals surface area contributed by atoms with Crippen LogP contribution in [0.3, 0.4) is 0 Å². The Kier molecular flexibility index (Phi) is 3.59. The minimum Gasteiger partial charge on any atom is -0.356 e. The molecule has 0 saturated heterocycles. The molecule has 2 aromatic carbocycles. The molecule has 4 aromatic rings. The Labute approximate surface area is 151 Å². The molecule has 4 nitrogen and oxygen atoms in total. The van der Waals surface area contributed by atoms with E-state index >= 15 is 0 Å². The van der Waals surface area contributed by atoms with Crippen molar-refractivity contribution in [3.05, 3.63) is 77.2 Å². The van der Waals surface area contributed by atoms with E-state index in [2.05, 4.69) is 52.5 Å². The highest BCUT2D eigenvalue weighted by molar-refractivity contribution is 6.07. The predicted molar refractivity (Wildman–Crippen MR) is 105 cm³/mol. The summed E-state index contributed by atoms with van der Waals surface area (Å²) < 4.78 is 0. The minimum atomic E-state index is 0.614. The Morgan fingerprint density at radius 3 is 2.85 bits per heavy atom. The van der Waals surface area contributed by atoms with Crippen molar-refractivity contribution in [2.75, 3.05) is 7.05 Å². The molecule has 1 aliphatic rings. The van der Waals surface area contributed by atoms with E-state index in [0.717, 1.165) is 17.6 Å². The van der Waals surface area contributed by atoms with Gasteiger partial charge in [-0.1, -0.05) is 48.5 Å². The van der Waals surface area contributed by atoms with Crippen molar-refractivity contribution < 1.29 is 4.84 Å². The zero-order valence-electron chi connectivity index (χ0n) is 14.6. The number of fused-ring (bicyclic) bond motifs is 5. The van der Waals surface area contributed by atoms with Crippen LogP contribution in [0.1, 0.15) is 22.5 Å². The van der Waals surface area contributed by atoms with Gasteiger partial charge in [0.05, 0.1) is 24.4 Å². The molecular weight excluding hydrogens is 322 g/mol. The lowest BCUT2D eigenvalue weighted by Gasteiger charge is -2.21. The summed E-state index contributed by atoms with van der Waals surface area (Å²) in [4.78, 5) is 13.9. The molecule has 0 unspecified atom stereocenters. The number of hydrogen-bond acceptors (Lipinski definition) is 3. The largest absolute Gasteiger partial charge is 0.356 e. The van der Waals surface area contributed by atoms with Crippen molar-refractivity contribution in [2.45, 2.75) is 13.2 Å². The summed E-state index contributed by atoms with van der Waals surface area (Å²) in [6, 6.07) is 16.8. The highest BCUT2D eigenvalue weighted by Crippen LogP contribution is 2.32. The highest BCUT2D eigenvalue weighted by Gasteiger charge is 2.20. The first-order valence-corrected chi connectivity index (χ1v) is 8.77. The highest BCUT2D eigenvalue weighted by atomic mass is 16.7. The van der Waals surface area contributed by atoms with Crippen LogP contribution in [-0.2, 0) is 18.0 Å². The smallest absolute Gasteiger partial charge is 0.0959 e. The fourth-order valence-corrected chi connectivity index (χ4v) is 3.59. The van der Waals surface area contributed by atoms with Crippen LogP contribution in [0.25, 0.3) is 33.8 Å². The fourth-order valence-electron chi connectivity index (χ4n) is 3.59. The predicted octanol–water partition coefficient (Wildman–Crippen LogP) is 4.76. The first-order valence-electron chi connectivity index (χ1n) is 8.77. The Bertz CT molecular complexity index is 1130. The number of aromatic amines is 1. The molecule has 3 heterocycles. The molecule has 26 heavy (non-hydrogen) atoms. The van der Waals surface area contributed by atoms with E-state index < -0.39 is 0 Å². The fraction of sp³-hybridized carbons (Fsp3) is 0.136. The van der Waals surface area contributed by atoms with Gasteiger partial charge in [-0.05, 0) is 17.7 Å². The number of nitrogens with one attached hydrogen (secondary N) is 1. The molecule has 1 aliphatic heterocycles. The van der Waals surface area contributed by atoms with Crippen molar-refractivity contribution in [2.24, 2.45) is 0 Å². The maximum absolute atomic E-state index is 5.68. The maximum Gasteiger partial charge on any atom is 0.0959 e. The average molecular weight is 341 g/mol. The Morgan fingerprint density at radius 2 is 1.96 bits per heavy atom. The number of hydrogen-bond donors (Lipinski definition) is 1. The van der Waals surface area contributed by atoms with Gasteiger partial charge < -0.3 is 4.98 Å². The molecule has 0 fully saturated rings. The van der Waals surface area contributed by atoms with E-state index in [4.69, 9.17) is 4.84 Å². The minimum absolute atomic E-state index is 0.614. The molecule has 5 rings (SSSR count). The molecule has 0 aliphatic carbocycles. The zero-order valence-corrected chi connectivity index (χ0v) is 14.6. The van der Waals surface area contributed by atoms with Crippen LogP contribution < -0.4 is 0 Å². The Balaban J connectivity index is 1.62. The second kappa shape index (κ2) is 6.09. The van der Waals surface area contributed by atoms with E-state index in [0.29, 0.717) is 6.61 Å². The van der Waals surface area contributed by atoms with Gasteiger partial charge in [0.1, 0.15) is 0 Å². The van der Waals surface area contributed by atoms with E-state index in [1.54, 1.807) is 0 Å². The molecule has 2 aromatic heterocycles. The zero-order chi connectivity index (χ0) is 17.5. The van der Waals surface area contributed by atoms with Crippen LogP contribution >= 0.6 is 0 Å². The van der Waals surface area contributed by atoms with Gasteiger partial charge in [-0.2, -0.15) is 5.06 Å². The molecular formula is C22H19N3O. The molecule has 0 amide bonds. The molecule has 0 bridgehead atoms. The van der Waals surface area contributed by atoms with Crippen LogP contribution in [0, 0.1) is 0 Å². The van der Waals surface area contributed by atoms with Crippen molar-refractivity contribution in [1.29, 1.82) is 0 Å². The monoisotopic (exact) mass is 341 g/mol. The van der Waals surface area contributed by atoms with Crippen molar-refractivity contribution in [3.8, 4) is 0 Å². The van der Waals surface area contributed by atoms with Gasteiger partial charge in [0.25, 0.3) is 0 Å². The quantitative estimate of drug-likeness (QED) is 0.571. The summed E-state index contributed by atoms with van der Waals surface area (Å²) >= 11 is 0. The van der Waals surface area contributed by atoms with Gasteiger partial charge in [-0.15, -0.1) is 0 Å². The second-order valence-corrected chi connectivity index (χ2v) is 6.70. The van der Waals surface area contributed by atoms with Crippen molar-refractivity contribution >= 4 is 33.8 Å². The summed E-state index contributed by atoms with van der Waals surface area (Å²) in [6.45, 7) is 1.39. The molecule has 4 heteroatoms. The number of benzene rings is 2. The summed E-state index contributed by atoms with van der Waals surface area (Å²) in [6.07, 6.45) is 6.10. The van der Waals surface area contributed by atoms with Crippen LogP contribution in [0.5, 0.6) is 0 Å². The maximum atomic E-state index is 5.68. The van der Waals surface area contributed by atoms with Gasteiger partial charge in [-0.25, -0.2) is 0 Å². The number of aromatic nitrogens is 2. The lowest BCUT2D eigenvalue weighted by atomic mass is 10.1. The molecule has 1 N–H and O–H groups in total. The summed E-state index contributed by atoms with van der Waals surface area (Å²) in [5, 5.41) is 5.45. The first-order chi connectivity index (χ1) is 12.8. The third kappa shape index (κ3) is 2.60. The third-order valence-corrected chi connectivity index (χ3v) is 4.95. The molecule has 0 atom stereocenters. The third-order valence-electron chi connectivity index (χ3n) is 4.95. The summed E-state index contributed by atoms with van der Waals surface area (Å²) in [5.74, 6) is 0. The first kappa shape index (κ1) is 15.3. The van der Waals surface area contributed by atoms with Gasteiger partial charge in [0.2, 0.25) is 0 Å². The number of hydroxylamine groups is 2. The number of pyridine rings is 1. The Morgan fingerprint density at radius 1 is 1.08 bits per heavy atom. The molecule has 0 radical (unpaired) electrons. The van der Waals surface area contributed by atoms with Crippen LogP contribution in [0.4, 0.5) is 0 Å². The van der Waals surface area contributed by atoms with E-state index in [9.17, 15) is 0 Å². The van der Waals surface area contributed by atoms with Gasteiger partial charge in [0.15, 0.2) is 0 Å². The SMILES string of the molecule is CN1Cc2[nH]c3c(ccc4cnc(/C=C/c5ccccc5)cc43)c2CO1. The lowest BCUT2D eigenvalue weighted by Crippen LogP contribution is -2.23. The average Bonchev–Trinajstić information content (AvgIpc) is 3.05. The van der Waals surface area contributed by atoms with Gasteiger partial charge in [-0.3, -0.25) is 9.82 Å². The van der Waals surface area contributed by atoms with Gasteiger partial charge >= 0.3 is 0 Å². The van der Waals surface area contributed by atoms with Crippen molar-refractivity contribution in [3.63, 3.8) is 0 Å². The number of rotatable bonds is 2. The van der Waals surface area contributed by atoms with Crippen LogP contribution in [0.15, 0.2) is 54.7 Å². The normalized spacial score (nSPS) is 15.1. The topological polar surface area (TPSA) is 41.2 Å². The van der Waals surface area contributed by atoms with E-state index in [1.807, 2.05) is 36.5 Å². The number of nitrogens with zero attached hydrogens (tertiary/aromatic N) is 2. The molecule has 128 valence electrons. The summed E-state index contributed by atoms with van der Waals surface area (Å²) in [5.41, 5.74) is 5.79. The van der Waals surface area contributed by atoms with E-state index in [1.165, 1.54) is 33.1 Å². The van der Waals surface area contributed by atoms with Crippen LogP contribution in [0.2, 0.25) is 0 Å². The van der Waals surface area contributed by atoms with E-state index in [-0.39, 0.29) is 0 Å². The van der Waals surface area contributed by atoms with Gasteiger partial charge in [0, 0.05) is 40.7 Å². The molecule has 0 spiro atoms. The molecule has 0 saturated carbocycles. The Hall–Kier alpha value is -2.95. The standard InChI is InChI=1S/C22H19N3O/c1-25-13-21-20(14-26-25)18-10-8-16-12-23-17(11-19(16)22(18)24-21)9-7-15-5-3-2-4-6-15/h2-12,24H,13-14H2,1H3/b9-7+. The lowest BCUT2D eigenvalue weighted by molar-refractivity contribution is -0.168. The number of H-pyrrole nitrogens is 1. The summed E-state index contributed by atoms with van der Waals surface area (Å²) in [7, 11) is 1.96. The van der Waals surface area contributed by atoms with Crippen LogP contribution in [-0.4, -0.2) is 22.1 Å².